The molecule has 6 heteroatoms. The van der Waals surface area contributed by atoms with Crippen LogP contribution >= 0.6 is 0 Å². The average Bonchev–Trinajstić information content (AvgIpc) is 2.87. The zero-order valence-electron chi connectivity index (χ0n) is 16.7. The van der Waals surface area contributed by atoms with Gasteiger partial charge in [-0.25, -0.2) is 15.0 Å². The molecule has 1 aromatic carbocycles. The van der Waals surface area contributed by atoms with Crippen LogP contribution in [-0.4, -0.2) is 25.4 Å². The Hall–Kier alpha value is -3.02. The van der Waals surface area contributed by atoms with E-state index in [-0.39, 0.29) is 11.3 Å². The summed E-state index contributed by atoms with van der Waals surface area (Å²) in [6.07, 6.45) is 3.22. The maximum atomic E-state index is 12.5. The Bertz CT molecular complexity index is 964. The quantitative estimate of drug-likeness (QED) is 0.759. The zero-order valence-corrected chi connectivity index (χ0v) is 16.7. The van der Waals surface area contributed by atoms with Crippen molar-refractivity contribution >= 4 is 11.6 Å². The van der Waals surface area contributed by atoms with E-state index in [1.165, 1.54) is 5.56 Å². The van der Waals surface area contributed by atoms with Gasteiger partial charge >= 0.3 is 0 Å². The molecule has 3 aromatic rings. The SMILES string of the molecule is Cc1nc(C)n(-c2ncc(NC(=O)c3ccc(C(C)(C)C)cc3)cn2)c1C. The number of aromatic nitrogens is 4. The molecule has 0 saturated heterocycles. The van der Waals surface area contributed by atoms with E-state index < -0.39 is 0 Å². The van der Waals surface area contributed by atoms with E-state index in [9.17, 15) is 4.79 Å². The standard InChI is InChI=1S/C21H25N5O/c1-13-14(2)26(15(3)24-13)20-22-11-18(12-23-20)25-19(27)16-7-9-17(10-8-16)21(4,5)6/h7-12H,1-6H3,(H,25,27). The highest BCUT2D eigenvalue weighted by molar-refractivity contribution is 6.04. The van der Waals surface area contributed by atoms with Crippen LogP contribution in [0.5, 0.6) is 0 Å². The van der Waals surface area contributed by atoms with Gasteiger partial charge < -0.3 is 5.32 Å². The summed E-state index contributed by atoms with van der Waals surface area (Å²) in [5.41, 5.74) is 4.35. The summed E-state index contributed by atoms with van der Waals surface area (Å²) in [7, 11) is 0. The monoisotopic (exact) mass is 363 g/mol. The Balaban J connectivity index is 1.75. The van der Waals surface area contributed by atoms with Crippen molar-refractivity contribution in [3.63, 3.8) is 0 Å². The molecule has 0 saturated carbocycles. The van der Waals surface area contributed by atoms with E-state index >= 15 is 0 Å². The second-order valence-electron chi connectivity index (χ2n) is 7.72. The molecule has 1 amide bonds. The Morgan fingerprint density at radius 3 is 2.07 bits per heavy atom. The normalized spacial score (nSPS) is 11.5. The van der Waals surface area contributed by atoms with Gasteiger partial charge in [-0.15, -0.1) is 0 Å². The van der Waals surface area contributed by atoms with Crippen molar-refractivity contribution < 1.29 is 4.79 Å². The summed E-state index contributed by atoms with van der Waals surface area (Å²) in [6, 6.07) is 7.65. The molecule has 0 aliphatic heterocycles. The minimum absolute atomic E-state index is 0.0562. The number of imidazole rings is 1. The van der Waals surface area contributed by atoms with Crippen molar-refractivity contribution in [2.45, 2.75) is 47.0 Å². The first-order valence-electron chi connectivity index (χ1n) is 8.93. The second kappa shape index (κ2) is 6.95. The third-order valence-electron chi connectivity index (χ3n) is 4.62. The Morgan fingerprint density at radius 2 is 1.59 bits per heavy atom. The molecule has 0 unspecified atom stereocenters. The molecule has 0 aliphatic carbocycles. The van der Waals surface area contributed by atoms with Gasteiger partial charge in [0.2, 0.25) is 5.95 Å². The van der Waals surface area contributed by atoms with Gasteiger partial charge in [-0.3, -0.25) is 9.36 Å². The first-order valence-corrected chi connectivity index (χ1v) is 8.93. The van der Waals surface area contributed by atoms with Crippen LogP contribution < -0.4 is 5.32 Å². The van der Waals surface area contributed by atoms with Crippen molar-refractivity contribution in [1.82, 2.24) is 19.5 Å². The highest BCUT2D eigenvalue weighted by Gasteiger charge is 2.15. The number of carbonyl (C=O) groups excluding carboxylic acids is 1. The van der Waals surface area contributed by atoms with Crippen LogP contribution in [0.3, 0.4) is 0 Å². The fourth-order valence-corrected chi connectivity index (χ4v) is 2.90. The van der Waals surface area contributed by atoms with Crippen LogP contribution in [0.15, 0.2) is 36.7 Å². The van der Waals surface area contributed by atoms with Crippen LogP contribution in [0.4, 0.5) is 5.69 Å². The van der Waals surface area contributed by atoms with E-state index in [0.717, 1.165) is 17.2 Å². The predicted molar refractivity (Wildman–Crippen MR) is 106 cm³/mol. The van der Waals surface area contributed by atoms with Gasteiger partial charge in [0.05, 0.1) is 23.8 Å². The smallest absolute Gasteiger partial charge is 0.255 e. The van der Waals surface area contributed by atoms with Gasteiger partial charge in [-0.2, -0.15) is 0 Å². The molecule has 0 radical (unpaired) electrons. The van der Waals surface area contributed by atoms with E-state index in [1.807, 2.05) is 49.6 Å². The van der Waals surface area contributed by atoms with E-state index in [1.54, 1.807) is 12.4 Å². The lowest BCUT2D eigenvalue weighted by Gasteiger charge is -2.19. The van der Waals surface area contributed by atoms with Gasteiger partial charge in [0.1, 0.15) is 5.82 Å². The molecule has 1 N–H and O–H groups in total. The Kier molecular flexibility index (Phi) is 4.83. The topological polar surface area (TPSA) is 72.7 Å². The zero-order chi connectivity index (χ0) is 19.8. The Labute approximate surface area is 159 Å². The minimum atomic E-state index is -0.183. The van der Waals surface area contributed by atoms with Crippen LogP contribution in [0.2, 0.25) is 0 Å². The number of rotatable bonds is 3. The summed E-state index contributed by atoms with van der Waals surface area (Å²) in [6.45, 7) is 12.3. The number of hydrogen-bond donors (Lipinski definition) is 1. The molecule has 27 heavy (non-hydrogen) atoms. The highest BCUT2D eigenvalue weighted by atomic mass is 16.1. The maximum absolute atomic E-state index is 12.5. The molecule has 2 heterocycles. The third-order valence-corrected chi connectivity index (χ3v) is 4.62. The summed E-state index contributed by atoms with van der Waals surface area (Å²) in [5, 5.41) is 2.84. The largest absolute Gasteiger partial charge is 0.319 e. The lowest BCUT2D eigenvalue weighted by atomic mass is 9.87. The summed E-state index contributed by atoms with van der Waals surface area (Å²) < 4.78 is 1.89. The van der Waals surface area contributed by atoms with Crippen LogP contribution in [-0.2, 0) is 5.41 Å². The molecule has 6 nitrogen and oxygen atoms in total. The minimum Gasteiger partial charge on any atom is -0.319 e. The summed E-state index contributed by atoms with van der Waals surface area (Å²) >= 11 is 0. The van der Waals surface area contributed by atoms with Crippen molar-refractivity contribution in [3.8, 4) is 5.95 Å². The number of nitrogens with zero attached hydrogens (tertiary/aromatic N) is 4. The molecular weight excluding hydrogens is 338 g/mol. The van der Waals surface area contributed by atoms with Crippen molar-refractivity contribution in [2.24, 2.45) is 0 Å². The molecule has 0 fully saturated rings. The molecule has 0 atom stereocenters. The predicted octanol–water partition coefficient (Wildman–Crippen LogP) is 4.14. The molecule has 2 aromatic heterocycles. The molecular formula is C21H25N5O. The van der Waals surface area contributed by atoms with Gasteiger partial charge in [0.25, 0.3) is 5.91 Å². The van der Waals surface area contributed by atoms with Crippen LogP contribution in [0, 0.1) is 20.8 Å². The number of nitrogens with one attached hydrogen (secondary N) is 1. The van der Waals surface area contributed by atoms with E-state index in [0.29, 0.717) is 17.2 Å². The number of hydrogen-bond acceptors (Lipinski definition) is 4. The van der Waals surface area contributed by atoms with E-state index in [2.05, 4.69) is 41.0 Å². The van der Waals surface area contributed by atoms with Crippen molar-refractivity contribution in [2.75, 3.05) is 5.32 Å². The third kappa shape index (κ3) is 3.89. The number of aryl methyl sites for hydroxylation is 2. The Morgan fingerprint density at radius 1 is 1.00 bits per heavy atom. The number of anilines is 1. The number of benzene rings is 1. The van der Waals surface area contributed by atoms with Gasteiger partial charge in [-0.05, 0) is 43.9 Å². The lowest BCUT2D eigenvalue weighted by Crippen LogP contribution is -2.15. The second-order valence-corrected chi connectivity index (χ2v) is 7.72. The summed E-state index contributed by atoms with van der Waals surface area (Å²) in [5.74, 6) is 1.19. The number of amides is 1. The molecule has 140 valence electrons. The fourth-order valence-electron chi connectivity index (χ4n) is 2.90. The molecule has 0 bridgehead atoms. The first kappa shape index (κ1) is 18.8. The lowest BCUT2D eigenvalue weighted by molar-refractivity contribution is 0.102. The van der Waals surface area contributed by atoms with Crippen molar-refractivity contribution in [1.29, 1.82) is 0 Å². The van der Waals surface area contributed by atoms with Crippen LogP contribution in [0.1, 0.15) is 53.9 Å². The highest BCUT2D eigenvalue weighted by Crippen LogP contribution is 2.22. The first-order chi connectivity index (χ1) is 12.7. The molecule has 0 spiro atoms. The number of carbonyl (C=O) groups is 1. The van der Waals surface area contributed by atoms with Gasteiger partial charge in [0, 0.05) is 11.3 Å². The van der Waals surface area contributed by atoms with E-state index in [4.69, 9.17) is 0 Å². The molecule has 3 rings (SSSR count). The maximum Gasteiger partial charge on any atom is 0.255 e. The summed E-state index contributed by atoms with van der Waals surface area (Å²) in [4.78, 5) is 25.6. The van der Waals surface area contributed by atoms with Gasteiger partial charge in [-0.1, -0.05) is 32.9 Å². The average molecular weight is 363 g/mol. The molecule has 0 aliphatic rings. The van der Waals surface area contributed by atoms with Crippen molar-refractivity contribution in [3.05, 3.63) is 65.0 Å². The fraction of sp³-hybridized carbons (Fsp3) is 0.333. The van der Waals surface area contributed by atoms with Crippen LogP contribution in [0.25, 0.3) is 5.95 Å². The van der Waals surface area contributed by atoms with Gasteiger partial charge in [0.15, 0.2) is 0 Å².